The van der Waals surface area contributed by atoms with Crippen LogP contribution in [-0.4, -0.2) is 0 Å². The summed E-state index contributed by atoms with van der Waals surface area (Å²) in [6, 6.07) is 0.828. The molecule has 8 heteroatoms. The summed E-state index contributed by atoms with van der Waals surface area (Å²) in [6.45, 7) is 0. The predicted octanol–water partition coefficient (Wildman–Crippen LogP) is 3.96. The van der Waals surface area contributed by atoms with Gasteiger partial charge in [0.05, 0.1) is 16.1 Å². The molecule has 16 heavy (non-hydrogen) atoms. The van der Waals surface area contributed by atoms with E-state index < -0.39 is 34.2 Å². The minimum Gasteiger partial charge on any atom is -0.399 e. The molecule has 0 heterocycles. The largest absolute Gasteiger partial charge is 0.418 e. The Morgan fingerprint density at radius 2 is 1.44 bits per heavy atom. The highest BCUT2D eigenvalue weighted by Crippen LogP contribution is 2.44. The zero-order chi connectivity index (χ0) is 12.7. The van der Waals surface area contributed by atoms with Crippen LogP contribution in [0.4, 0.5) is 32.0 Å². The summed E-state index contributed by atoms with van der Waals surface area (Å²) in [4.78, 5) is 0. The summed E-state index contributed by atoms with van der Waals surface area (Å²) in [5.41, 5.74) is 0.731. The van der Waals surface area contributed by atoms with E-state index >= 15 is 0 Å². The molecule has 0 saturated heterocycles. The van der Waals surface area contributed by atoms with Gasteiger partial charge in [0.25, 0.3) is 0 Å². The van der Waals surface area contributed by atoms with Crippen molar-refractivity contribution in [3.05, 3.63) is 28.3 Å². The summed E-state index contributed by atoms with van der Waals surface area (Å²) in [6.07, 6.45) is -10.3. The summed E-state index contributed by atoms with van der Waals surface area (Å²) in [5.74, 6) is 0. The summed E-state index contributed by atoms with van der Waals surface area (Å²) in [5, 5.41) is -1.07. The van der Waals surface area contributed by atoms with E-state index in [0.717, 1.165) is 0 Å². The minimum absolute atomic E-state index is 0.203. The molecule has 0 fully saturated rings. The van der Waals surface area contributed by atoms with Crippen LogP contribution < -0.4 is 5.73 Å². The lowest BCUT2D eigenvalue weighted by Gasteiger charge is -2.17. The quantitative estimate of drug-likeness (QED) is 0.556. The molecule has 90 valence electrons. The molecular weight excluding hydrogens is 260 g/mol. The smallest absolute Gasteiger partial charge is 0.399 e. The first-order chi connectivity index (χ1) is 7.03. The molecule has 0 spiro atoms. The van der Waals surface area contributed by atoms with E-state index in [1.807, 2.05) is 0 Å². The topological polar surface area (TPSA) is 26.0 Å². The number of hydrogen-bond donors (Lipinski definition) is 1. The SMILES string of the molecule is Nc1cc(Cl)c(C(F)(F)F)c(C(F)(F)F)c1. The second kappa shape index (κ2) is 3.73. The third-order valence-electron chi connectivity index (χ3n) is 1.70. The van der Waals surface area contributed by atoms with Crippen molar-refractivity contribution in [3.8, 4) is 0 Å². The van der Waals surface area contributed by atoms with Gasteiger partial charge in [-0.05, 0) is 12.1 Å². The molecule has 0 amide bonds. The van der Waals surface area contributed by atoms with Gasteiger partial charge in [0, 0.05) is 5.69 Å². The van der Waals surface area contributed by atoms with Gasteiger partial charge in [0.15, 0.2) is 0 Å². The summed E-state index contributed by atoms with van der Waals surface area (Å²) in [7, 11) is 0. The number of nitrogens with two attached hydrogens (primary N) is 1. The van der Waals surface area contributed by atoms with Gasteiger partial charge in [-0.1, -0.05) is 11.6 Å². The van der Waals surface area contributed by atoms with Crippen LogP contribution >= 0.6 is 11.6 Å². The third kappa shape index (κ3) is 2.52. The Bertz CT molecular complexity index is 408. The minimum atomic E-state index is -5.18. The van der Waals surface area contributed by atoms with E-state index in [0.29, 0.717) is 6.07 Å². The molecule has 0 aliphatic rings. The number of hydrogen-bond acceptors (Lipinski definition) is 1. The fourth-order valence-electron chi connectivity index (χ4n) is 1.14. The van der Waals surface area contributed by atoms with Crippen LogP contribution in [0.3, 0.4) is 0 Å². The predicted molar refractivity (Wildman–Crippen MR) is 45.9 cm³/mol. The first-order valence-electron chi connectivity index (χ1n) is 3.77. The zero-order valence-electron chi connectivity index (χ0n) is 7.38. The Morgan fingerprint density at radius 3 is 1.81 bits per heavy atom. The first kappa shape index (κ1) is 13.0. The van der Waals surface area contributed by atoms with Crippen molar-refractivity contribution in [1.82, 2.24) is 0 Å². The van der Waals surface area contributed by atoms with Crippen molar-refractivity contribution >= 4 is 17.3 Å². The Morgan fingerprint density at radius 1 is 0.938 bits per heavy atom. The van der Waals surface area contributed by atoms with Crippen molar-refractivity contribution in [1.29, 1.82) is 0 Å². The van der Waals surface area contributed by atoms with Gasteiger partial charge in [-0.25, -0.2) is 0 Å². The number of nitrogen functional groups attached to an aromatic ring is 1. The van der Waals surface area contributed by atoms with E-state index in [9.17, 15) is 26.3 Å². The molecule has 1 nitrogen and oxygen atoms in total. The third-order valence-corrected chi connectivity index (χ3v) is 2.00. The molecule has 0 saturated carbocycles. The lowest BCUT2D eigenvalue weighted by molar-refractivity contribution is -0.161. The molecule has 2 N–H and O–H groups in total. The molecule has 0 aliphatic carbocycles. The van der Waals surface area contributed by atoms with Gasteiger partial charge in [0.1, 0.15) is 0 Å². The Hall–Kier alpha value is -1.11. The van der Waals surface area contributed by atoms with Crippen molar-refractivity contribution in [2.24, 2.45) is 0 Å². The molecule has 0 atom stereocenters. The van der Waals surface area contributed by atoms with Crippen molar-refractivity contribution in [2.45, 2.75) is 12.4 Å². The molecule has 1 aromatic carbocycles. The Balaban J connectivity index is 3.58. The van der Waals surface area contributed by atoms with Crippen LogP contribution in [0.2, 0.25) is 5.02 Å². The lowest BCUT2D eigenvalue weighted by Crippen LogP contribution is -2.17. The van der Waals surface area contributed by atoms with Gasteiger partial charge in [-0.3, -0.25) is 0 Å². The van der Waals surface area contributed by atoms with E-state index in [2.05, 4.69) is 0 Å². The monoisotopic (exact) mass is 263 g/mol. The standard InChI is InChI=1S/C8H4ClF6N/c9-5-2-3(16)1-4(7(10,11)12)6(5)8(13,14)15/h1-2H,16H2. The van der Waals surface area contributed by atoms with Gasteiger partial charge in [-0.2, -0.15) is 26.3 Å². The number of halogens is 7. The highest BCUT2D eigenvalue weighted by atomic mass is 35.5. The van der Waals surface area contributed by atoms with Gasteiger partial charge < -0.3 is 5.73 Å². The average Bonchev–Trinajstić information content (AvgIpc) is 1.97. The van der Waals surface area contributed by atoms with E-state index in [1.165, 1.54) is 0 Å². The lowest BCUT2D eigenvalue weighted by atomic mass is 10.1. The van der Waals surface area contributed by atoms with Gasteiger partial charge in [0.2, 0.25) is 0 Å². The maximum atomic E-state index is 12.3. The zero-order valence-corrected chi connectivity index (χ0v) is 8.13. The fraction of sp³-hybridized carbons (Fsp3) is 0.250. The van der Waals surface area contributed by atoms with Crippen molar-refractivity contribution < 1.29 is 26.3 Å². The second-order valence-corrected chi connectivity index (χ2v) is 3.33. The van der Waals surface area contributed by atoms with Crippen LogP contribution in [0.1, 0.15) is 11.1 Å². The molecule has 1 aromatic rings. The summed E-state index contributed by atoms with van der Waals surface area (Å²) >= 11 is 5.13. The normalized spacial score (nSPS) is 12.9. The van der Waals surface area contributed by atoms with Crippen molar-refractivity contribution in [2.75, 3.05) is 5.73 Å². The number of alkyl halides is 6. The Kier molecular flexibility index (Phi) is 3.02. The molecular formula is C8H4ClF6N. The molecule has 1 rings (SSSR count). The maximum Gasteiger partial charge on any atom is 0.418 e. The number of anilines is 1. The van der Waals surface area contributed by atoms with Gasteiger partial charge in [-0.15, -0.1) is 0 Å². The fourth-order valence-corrected chi connectivity index (χ4v) is 1.47. The molecule has 0 bridgehead atoms. The van der Waals surface area contributed by atoms with Crippen LogP contribution in [0.5, 0.6) is 0 Å². The highest BCUT2D eigenvalue weighted by Gasteiger charge is 2.44. The molecule has 0 radical (unpaired) electrons. The average molecular weight is 264 g/mol. The van der Waals surface area contributed by atoms with Crippen LogP contribution in [0.25, 0.3) is 0 Å². The number of rotatable bonds is 0. The van der Waals surface area contributed by atoms with Crippen LogP contribution in [-0.2, 0) is 12.4 Å². The number of benzene rings is 1. The maximum absolute atomic E-state index is 12.3. The second-order valence-electron chi connectivity index (χ2n) is 2.92. The van der Waals surface area contributed by atoms with Crippen molar-refractivity contribution in [3.63, 3.8) is 0 Å². The Labute approximate surface area is 90.8 Å². The molecule has 0 aromatic heterocycles. The highest BCUT2D eigenvalue weighted by molar-refractivity contribution is 6.31. The van der Waals surface area contributed by atoms with Crippen LogP contribution in [0.15, 0.2) is 12.1 Å². The summed E-state index contributed by atoms with van der Waals surface area (Å²) < 4.78 is 74.0. The van der Waals surface area contributed by atoms with E-state index in [-0.39, 0.29) is 6.07 Å². The van der Waals surface area contributed by atoms with Gasteiger partial charge >= 0.3 is 12.4 Å². The van der Waals surface area contributed by atoms with E-state index in [1.54, 1.807) is 0 Å². The van der Waals surface area contributed by atoms with E-state index in [4.69, 9.17) is 17.3 Å². The first-order valence-corrected chi connectivity index (χ1v) is 4.14. The van der Waals surface area contributed by atoms with Crippen LogP contribution in [0, 0.1) is 0 Å². The molecule has 0 aliphatic heterocycles. The molecule has 0 unspecified atom stereocenters.